The summed E-state index contributed by atoms with van der Waals surface area (Å²) in [6.07, 6.45) is 4.55. The minimum absolute atomic E-state index is 0.00515. The fourth-order valence-electron chi connectivity index (χ4n) is 3.01. The minimum Gasteiger partial charge on any atom is -0.317 e. The summed E-state index contributed by atoms with van der Waals surface area (Å²) in [5.74, 6) is 1.52. The number of aromatic nitrogens is 1. The molecule has 0 amide bonds. The summed E-state index contributed by atoms with van der Waals surface area (Å²) in [6, 6.07) is 10.3. The Balaban J connectivity index is 1.33. The van der Waals surface area contributed by atoms with E-state index in [4.69, 9.17) is 9.82 Å². The van der Waals surface area contributed by atoms with E-state index in [2.05, 4.69) is 34.4 Å². The molecule has 2 aromatic rings. The second-order valence-electron chi connectivity index (χ2n) is 6.07. The Labute approximate surface area is 150 Å². The standard InChI is InChI=1S/C18H21N3OS2/c1-2-4-13(5-3-1)16-10-17(21-22-16)23-11-15-12-24-18(20-15)14-6-8-19-9-7-14/h1-5,10,12,14,16,19,21H,6-9,11H2. The average Bonchev–Trinajstić information content (AvgIpc) is 3.31. The maximum Gasteiger partial charge on any atom is 0.131 e. The van der Waals surface area contributed by atoms with Gasteiger partial charge in [-0.3, -0.25) is 10.3 Å². The number of hydroxylamine groups is 1. The fourth-order valence-corrected chi connectivity index (χ4v) is 4.88. The highest BCUT2D eigenvalue weighted by molar-refractivity contribution is 8.02. The van der Waals surface area contributed by atoms with Crippen molar-refractivity contribution in [1.82, 2.24) is 15.8 Å². The second-order valence-corrected chi connectivity index (χ2v) is 7.98. The molecule has 1 aromatic carbocycles. The summed E-state index contributed by atoms with van der Waals surface area (Å²) in [6.45, 7) is 2.23. The first kappa shape index (κ1) is 16.1. The van der Waals surface area contributed by atoms with Gasteiger partial charge < -0.3 is 5.32 Å². The largest absolute Gasteiger partial charge is 0.317 e. The van der Waals surface area contributed by atoms with E-state index in [0.717, 1.165) is 23.9 Å². The van der Waals surface area contributed by atoms with Crippen molar-refractivity contribution in [1.29, 1.82) is 0 Å². The molecule has 0 saturated carbocycles. The van der Waals surface area contributed by atoms with Gasteiger partial charge in [0.1, 0.15) is 6.10 Å². The molecule has 0 aliphatic carbocycles. The van der Waals surface area contributed by atoms with Crippen LogP contribution in [0.15, 0.2) is 46.8 Å². The predicted octanol–water partition coefficient (Wildman–Crippen LogP) is 3.96. The molecule has 0 radical (unpaired) electrons. The molecule has 1 fully saturated rings. The van der Waals surface area contributed by atoms with Gasteiger partial charge in [0.05, 0.1) is 15.7 Å². The van der Waals surface area contributed by atoms with Crippen LogP contribution in [0.3, 0.4) is 0 Å². The van der Waals surface area contributed by atoms with E-state index in [9.17, 15) is 0 Å². The third-order valence-electron chi connectivity index (χ3n) is 4.35. The number of thioether (sulfide) groups is 1. The first-order valence-corrected chi connectivity index (χ1v) is 10.2. The lowest BCUT2D eigenvalue weighted by atomic mass is 9.99. The number of nitrogens with one attached hydrogen (secondary N) is 2. The molecular weight excluding hydrogens is 338 g/mol. The molecule has 0 bridgehead atoms. The topological polar surface area (TPSA) is 46.2 Å². The van der Waals surface area contributed by atoms with E-state index in [-0.39, 0.29) is 6.10 Å². The Morgan fingerprint density at radius 3 is 2.88 bits per heavy atom. The van der Waals surface area contributed by atoms with Crippen molar-refractivity contribution in [3.05, 3.63) is 63.1 Å². The molecule has 1 atom stereocenters. The number of rotatable bonds is 5. The van der Waals surface area contributed by atoms with Crippen molar-refractivity contribution in [3.63, 3.8) is 0 Å². The molecule has 6 heteroatoms. The van der Waals surface area contributed by atoms with Crippen LogP contribution in [0.1, 0.15) is 41.1 Å². The van der Waals surface area contributed by atoms with Gasteiger partial charge in [-0.1, -0.05) is 30.3 Å². The number of thiazole rings is 1. The van der Waals surface area contributed by atoms with Crippen LogP contribution >= 0.6 is 23.1 Å². The molecule has 2 N–H and O–H groups in total. The smallest absolute Gasteiger partial charge is 0.131 e. The van der Waals surface area contributed by atoms with Crippen LogP contribution in [0.4, 0.5) is 0 Å². The van der Waals surface area contributed by atoms with Gasteiger partial charge in [-0.15, -0.1) is 23.1 Å². The molecule has 4 nitrogen and oxygen atoms in total. The van der Waals surface area contributed by atoms with E-state index in [1.807, 2.05) is 29.5 Å². The van der Waals surface area contributed by atoms with Gasteiger partial charge in [0.25, 0.3) is 0 Å². The zero-order valence-corrected chi connectivity index (χ0v) is 15.0. The van der Waals surface area contributed by atoms with Gasteiger partial charge in [-0.25, -0.2) is 4.98 Å². The Hall–Kier alpha value is -1.34. The normalized spacial score (nSPS) is 21.5. The van der Waals surface area contributed by atoms with Crippen LogP contribution in [-0.2, 0) is 10.6 Å². The SMILES string of the molecule is C1=C(SCc2csc(C3CCNCC3)n2)NOC1c1ccccc1. The van der Waals surface area contributed by atoms with Crippen molar-refractivity contribution < 1.29 is 4.84 Å². The van der Waals surface area contributed by atoms with E-state index >= 15 is 0 Å². The van der Waals surface area contributed by atoms with Crippen LogP contribution in [0, 0.1) is 0 Å². The lowest BCUT2D eigenvalue weighted by Crippen LogP contribution is -2.26. The van der Waals surface area contributed by atoms with Crippen LogP contribution in [0.5, 0.6) is 0 Å². The minimum atomic E-state index is -0.00515. The summed E-state index contributed by atoms with van der Waals surface area (Å²) in [5.41, 5.74) is 5.38. The quantitative estimate of drug-likeness (QED) is 0.846. The van der Waals surface area contributed by atoms with E-state index in [1.54, 1.807) is 11.8 Å². The highest BCUT2D eigenvalue weighted by Crippen LogP contribution is 2.32. The molecule has 2 aliphatic rings. The molecule has 0 spiro atoms. The number of benzene rings is 1. The third-order valence-corrected chi connectivity index (χ3v) is 6.38. The second kappa shape index (κ2) is 7.70. The molecule has 24 heavy (non-hydrogen) atoms. The average molecular weight is 360 g/mol. The molecule has 2 aliphatic heterocycles. The molecule has 3 heterocycles. The van der Waals surface area contributed by atoms with Gasteiger partial charge >= 0.3 is 0 Å². The van der Waals surface area contributed by atoms with Crippen LogP contribution in [-0.4, -0.2) is 18.1 Å². The first-order valence-electron chi connectivity index (χ1n) is 8.35. The molecule has 1 aromatic heterocycles. The molecule has 1 unspecified atom stereocenters. The van der Waals surface area contributed by atoms with Gasteiger partial charge in [-0.05, 0) is 37.6 Å². The molecule has 4 rings (SSSR count). The number of hydrogen-bond acceptors (Lipinski definition) is 6. The van der Waals surface area contributed by atoms with Crippen molar-refractivity contribution in [2.75, 3.05) is 13.1 Å². The number of hydrogen-bond donors (Lipinski definition) is 2. The summed E-state index contributed by atoms with van der Waals surface area (Å²) in [7, 11) is 0. The van der Waals surface area contributed by atoms with E-state index in [1.165, 1.54) is 29.1 Å². The molecular formula is C18H21N3OS2. The zero-order chi connectivity index (χ0) is 16.2. The zero-order valence-electron chi connectivity index (χ0n) is 13.4. The first-order chi connectivity index (χ1) is 11.9. The summed E-state index contributed by atoms with van der Waals surface area (Å²) in [4.78, 5) is 10.5. The van der Waals surface area contributed by atoms with Crippen molar-refractivity contribution in [2.24, 2.45) is 0 Å². The summed E-state index contributed by atoms with van der Waals surface area (Å²) in [5, 5.41) is 7.99. The van der Waals surface area contributed by atoms with Gasteiger partial charge in [0.2, 0.25) is 0 Å². The van der Waals surface area contributed by atoms with E-state index in [0.29, 0.717) is 5.92 Å². The maximum atomic E-state index is 5.65. The van der Waals surface area contributed by atoms with Crippen LogP contribution in [0.25, 0.3) is 0 Å². The lowest BCUT2D eigenvalue weighted by Gasteiger charge is -2.20. The number of piperidine rings is 1. The van der Waals surface area contributed by atoms with Gasteiger partial charge in [0.15, 0.2) is 0 Å². The Morgan fingerprint density at radius 1 is 1.21 bits per heavy atom. The Kier molecular flexibility index (Phi) is 5.18. The lowest BCUT2D eigenvalue weighted by molar-refractivity contribution is 0.0455. The van der Waals surface area contributed by atoms with Gasteiger partial charge in [-0.2, -0.15) is 0 Å². The van der Waals surface area contributed by atoms with Crippen molar-refractivity contribution in [2.45, 2.75) is 30.6 Å². The Bertz CT molecular complexity index is 695. The highest BCUT2D eigenvalue weighted by atomic mass is 32.2. The van der Waals surface area contributed by atoms with Gasteiger partial charge in [0, 0.05) is 17.1 Å². The van der Waals surface area contributed by atoms with Crippen LogP contribution in [0.2, 0.25) is 0 Å². The number of nitrogens with zero attached hydrogens (tertiary/aromatic N) is 1. The monoisotopic (exact) mass is 359 g/mol. The van der Waals surface area contributed by atoms with E-state index < -0.39 is 0 Å². The molecule has 1 saturated heterocycles. The summed E-state index contributed by atoms with van der Waals surface area (Å²) < 4.78 is 0. The third kappa shape index (κ3) is 3.83. The van der Waals surface area contributed by atoms with Crippen molar-refractivity contribution >= 4 is 23.1 Å². The van der Waals surface area contributed by atoms with Crippen molar-refractivity contribution in [3.8, 4) is 0 Å². The predicted molar refractivity (Wildman–Crippen MR) is 99.7 cm³/mol. The molecule has 126 valence electrons. The maximum absolute atomic E-state index is 5.65. The highest BCUT2D eigenvalue weighted by Gasteiger charge is 2.20. The van der Waals surface area contributed by atoms with Crippen LogP contribution < -0.4 is 10.8 Å². The Morgan fingerprint density at radius 2 is 2.04 bits per heavy atom. The summed E-state index contributed by atoms with van der Waals surface area (Å²) >= 11 is 3.56. The fraction of sp³-hybridized carbons (Fsp3) is 0.389.